The van der Waals surface area contributed by atoms with Gasteiger partial charge in [0.25, 0.3) is 0 Å². The maximum Gasteiger partial charge on any atom is 0.193 e. The van der Waals surface area contributed by atoms with Crippen LogP contribution in [0.5, 0.6) is 0 Å². The zero-order chi connectivity index (χ0) is 12.8. The van der Waals surface area contributed by atoms with E-state index >= 15 is 0 Å². The van der Waals surface area contributed by atoms with Gasteiger partial charge in [0.1, 0.15) is 0 Å². The summed E-state index contributed by atoms with van der Waals surface area (Å²) in [5.41, 5.74) is -0.266. The van der Waals surface area contributed by atoms with Crippen LogP contribution in [0, 0.1) is 11.8 Å². The van der Waals surface area contributed by atoms with Crippen molar-refractivity contribution < 1.29 is 9.53 Å². The van der Waals surface area contributed by atoms with E-state index in [1.165, 1.54) is 0 Å². The molecule has 1 aliphatic carbocycles. The molecule has 0 aromatic heterocycles. The average molecular weight is 242 g/mol. The first-order valence-corrected chi connectivity index (χ1v) is 8.98. The minimum atomic E-state index is -1.78. The summed E-state index contributed by atoms with van der Waals surface area (Å²) in [5.74, 6) is 0.628. The summed E-state index contributed by atoms with van der Waals surface area (Å²) < 4.78 is 6.43. The maximum absolute atomic E-state index is 9.33. The minimum absolute atomic E-state index is 0.196. The molecule has 0 spiro atoms. The smallest absolute Gasteiger partial charge is 0.193 e. The maximum atomic E-state index is 9.33. The van der Waals surface area contributed by atoms with E-state index in [2.05, 4.69) is 47.4 Å². The lowest BCUT2D eigenvalue weighted by Gasteiger charge is -2.39. The highest BCUT2D eigenvalue weighted by molar-refractivity contribution is 6.74. The van der Waals surface area contributed by atoms with Crippen LogP contribution in [0.2, 0.25) is 18.1 Å². The fraction of sp³-hybridized carbons (Fsp3) is 0.846. The highest BCUT2D eigenvalue weighted by Gasteiger charge is 2.63. The Kier molecular flexibility index (Phi) is 3.46. The summed E-state index contributed by atoms with van der Waals surface area (Å²) in [6.45, 7) is 17.4. The van der Waals surface area contributed by atoms with Crippen molar-refractivity contribution in [3.63, 3.8) is 0 Å². The van der Waals surface area contributed by atoms with Gasteiger partial charge in [0.15, 0.2) is 8.32 Å². The van der Waals surface area contributed by atoms with E-state index in [0.717, 1.165) is 0 Å². The van der Waals surface area contributed by atoms with Crippen LogP contribution in [0.4, 0.5) is 0 Å². The van der Waals surface area contributed by atoms with Crippen molar-refractivity contribution in [3.05, 3.63) is 12.7 Å². The summed E-state index contributed by atoms with van der Waals surface area (Å²) in [6.07, 6.45) is 1.90. The number of aliphatic hydroxyl groups excluding tert-OH is 1. The zero-order valence-corrected chi connectivity index (χ0v) is 12.5. The molecule has 1 rings (SSSR count). The van der Waals surface area contributed by atoms with Gasteiger partial charge in [-0.05, 0) is 24.1 Å². The van der Waals surface area contributed by atoms with E-state index in [1.807, 2.05) is 6.08 Å². The van der Waals surface area contributed by atoms with Gasteiger partial charge in [0, 0.05) is 12.5 Å². The van der Waals surface area contributed by atoms with E-state index in [0.29, 0.717) is 5.92 Å². The van der Waals surface area contributed by atoms with E-state index in [4.69, 9.17) is 4.43 Å². The fourth-order valence-electron chi connectivity index (χ4n) is 2.09. The van der Waals surface area contributed by atoms with Crippen LogP contribution in [0.25, 0.3) is 0 Å². The van der Waals surface area contributed by atoms with Gasteiger partial charge in [-0.1, -0.05) is 33.8 Å². The molecule has 1 N–H and O–H groups in total. The van der Waals surface area contributed by atoms with Crippen LogP contribution in [0.1, 0.15) is 27.7 Å². The van der Waals surface area contributed by atoms with Crippen molar-refractivity contribution in [3.8, 4) is 0 Å². The molecule has 0 unspecified atom stereocenters. The first-order chi connectivity index (χ1) is 7.12. The Balaban J connectivity index is 2.85. The first-order valence-electron chi connectivity index (χ1n) is 6.07. The molecule has 94 valence electrons. The Labute approximate surface area is 101 Å². The molecule has 0 radical (unpaired) electrons. The predicted octanol–water partition coefficient (Wildman–Crippen LogP) is 3.19. The van der Waals surface area contributed by atoms with Gasteiger partial charge in [0.2, 0.25) is 0 Å². The minimum Gasteiger partial charge on any atom is -0.407 e. The molecule has 1 saturated carbocycles. The molecule has 1 aliphatic rings. The third-order valence-corrected chi connectivity index (χ3v) is 9.02. The van der Waals surface area contributed by atoms with Crippen molar-refractivity contribution in [2.75, 3.05) is 6.61 Å². The molecule has 1 fully saturated rings. The van der Waals surface area contributed by atoms with Crippen LogP contribution in [-0.2, 0) is 4.43 Å². The standard InChI is InChI=1S/C13H26O2Si/c1-8-13(10(2)11(13)9-14)15-16(6,7)12(3,4)5/h8,10-11,14H,1,9H2,2-7H3/t10-,11+,13+/m1/s1. The Morgan fingerprint density at radius 3 is 2.19 bits per heavy atom. The van der Waals surface area contributed by atoms with Gasteiger partial charge in [-0.3, -0.25) is 0 Å². The summed E-state index contributed by atoms with van der Waals surface area (Å²) in [5, 5.41) is 9.53. The van der Waals surface area contributed by atoms with Gasteiger partial charge >= 0.3 is 0 Å². The fourth-order valence-corrected chi connectivity index (χ4v) is 3.70. The van der Waals surface area contributed by atoms with E-state index in [-0.39, 0.29) is 23.2 Å². The molecule has 0 heterocycles. The highest BCUT2D eigenvalue weighted by atomic mass is 28.4. The molecule has 0 bridgehead atoms. The van der Waals surface area contributed by atoms with Crippen LogP contribution < -0.4 is 0 Å². The number of rotatable bonds is 4. The Bertz CT molecular complexity index is 280. The summed E-state index contributed by atoms with van der Waals surface area (Å²) in [7, 11) is -1.78. The molecule has 2 nitrogen and oxygen atoms in total. The second-order valence-corrected chi connectivity index (χ2v) is 11.2. The lowest BCUT2D eigenvalue weighted by molar-refractivity contribution is 0.156. The molecule has 0 aromatic rings. The second-order valence-electron chi connectivity index (χ2n) is 6.50. The van der Waals surface area contributed by atoms with Gasteiger partial charge in [-0.2, -0.15) is 0 Å². The predicted molar refractivity (Wildman–Crippen MR) is 70.9 cm³/mol. The molecule has 3 heteroatoms. The largest absolute Gasteiger partial charge is 0.407 e. The number of hydrogen-bond acceptors (Lipinski definition) is 2. The Morgan fingerprint density at radius 1 is 1.44 bits per heavy atom. The van der Waals surface area contributed by atoms with Gasteiger partial charge in [-0.25, -0.2) is 0 Å². The van der Waals surface area contributed by atoms with Gasteiger partial charge in [-0.15, -0.1) is 6.58 Å². The molecule has 0 aliphatic heterocycles. The van der Waals surface area contributed by atoms with Crippen LogP contribution in [0.15, 0.2) is 12.7 Å². The lowest BCUT2D eigenvalue weighted by Crippen LogP contribution is -2.45. The van der Waals surface area contributed by atoms with Crippen LogP contribution in [0.3, 0.4) is 0 Å². The first kappa shape index (κ1) is 13.9. The normalized spacial score (nSPS) is 34.9. The molecule has 3 atom stereocenters. The molecule has 0 saturated heterocycles. The SMILES string of the molecule is C=C[C@]1(O[Si](C)(C)C(C)(C)C)[C@H](C)[C@@H]1CO. The van der Waals surface area contributed by atoms with E-state index in [1.54, 1.807) is 0 Å². The van der Waals surface area contributed by atoms with Crippen LogP contribution in [-0.4, -0.2) is 25.6 Å². The summed E-state index contributed by atoms with van der Waals surface area (Å²) in [4.78, 5) is 0. The summed E-state index contributed by atoms with van der Waals surface area (Å²) >= 11 is 0. The molecular weight excluding hydrogens is 216 g/mol. The second kappa shape index (κ2) is 3.97. The number of aliphatic hydroxyl groups is 1. The molecule has 0 aromatic carbocycles. The highest BCUT2D eigenvalue weighted by Crippen LogP contribution is 2.57. The Hall–Kier alpha value is -0.123. The third-order valence-electron chi connectivity index (χ3n) is 4.54. The quantitative estimate of drug-likeness (QED) is 0.606. The Morgan fingerprint density at radius 2 is 1.94 bits per heavy atom. The van der Waals surface area contributed by atoms with Crippen molar-refractivity contribution in [2.24, 2.45) is 11.8 Å². The average Bonchev–Trinajstić information content (AvgIpc) is 2.68. The molecule has 16 heavy (non-hydrogen) atoms. The third kappa shape index (κ3) is 2.00. The van der Waals surface area contributed by atoms with Crippen molar-refractivity contribution in [1.29, 1.82) is 0 Å². The van der Waals surface area contributed by atoms with Gasteiger partial charge < -0.3 is 9.53 Å². The monoisotopic (exact) mass is 242 g/mol. The van der Waals surface area contributed by atoms with Gasteiger partial charge in [0.05, 0.1) is 5.60 Å². The van der Waals surface area contributed by atoms with E-state index < -0.39 is 8.32 Å². The summed E-state index contributed by atoms with van der Waals surface area (Å²) in [6, 6.07) is 0. The van der Waals surface area contributed by atoms with Crippen molar-refractivity contribution >= 4 is 8.32 Å². The topological polar surface area (TPSA) is 29.5 Å². The molecule has 0 amide bonds. The van der Waals surface area contributed by atoms with E-state index in [9.17, 15) is 5.11 Å². The number of hydrogen-bond donors (Lipinski definition) is 1. The van der Waals surface area contributed by atoms with Crippen molar-refractivity contribution in [2.45, 2.75) is 51.4 Å². The van der Waals surface area contributed by atoms with Crippen molar-refractivity contribution in [1.82, 2.24) is 0 Å². The lowest BCUT2D eigenvalue weighted by atomic mass is 10.2. The molecular formula is C13H26O2Si. The van der Waals surface area contributed by atoms with Crippen LogP contribution >= 0.6 is 0 Å². The zero-order valence-electron chi connectivity index (χ0n) is 11.5.